The average molecular weight is 192 g/mol. The topological polar surface area (TPSA) is 18.5 Å². The summed E-state index contributed by atoms with van der Waals surface area (Å²) >= 11 is 0. The molecule has 76 valence electrons. The summed E-state index contributed by atoms with van der Waals surface area (Å²) in [6.45, 7) is 3.73. The highest BCUT2D eigenvalue weighted by atomic mass is 19.2. The van der Waals surface area contributed by atoms with Gasteiger partial charge in [0.1, 0.15) is 0 Å². The molecule has 0 aromatic rings. The normalized spacial score (nSPS) is 32.2. The molecule has 0 aromatic heterocycles. The van der Waals surface area contributed by atoms with Crippen molar-refractivity contribution in [3.8, 4) is 0 Å². The van der Waals surface area contributed by atoms with E-state index in [1.807, 2.05) is 13.8 Å². The van der Waals surface area contributed by atoms with Gasteiger partial charge in [-0.2, -0.15) is 0 Å². The Morgan fingerprint density at radius 3 is 2.77 bits per heavy atom. The predicted octanol–water partition coefficient (Wildman–Crippen LogP) is 2.35. The van der Waals surface area contributed by atoms with Crippen LogP contribution < -0.4 is 0 Å². The third kappa shape index (κ3) is 2.66. The van der Waals surface area contributed by atoms with Crippen LogP contribution in [0.1, 0.15) is 20.3 Å². The maximum Gasteiger partial charge on any atom is 0.246 e. The maximum absolute atomic E-state index is 13.1. The molecule has 4 heteroatoms. The SMILES string of the molecule is CC(C)=COCCC1(F)OCC1F. The first-order valence-electron chi connectivity index (χ1n) is 4.26. The van der Waals surface area contributed by atoms with Crippen LogP contribution in [0, 0.1) is 0 Å². The van der Waals surface area contributed by atoms with Crippen LogP contribution in [0.2, 0.25) is 0 Å². The molecule has 13 heavy (non-hydrogen) atoms. The third-order valence-corrected chi connectivity index (χ3v) is 1.82. The van der Waals surface area contributed by atoms with Crippen LogP contribution in [0.5, 0.6) is 0 Å². The molecule has 0 amide bonds. The fraction of sp³-hybridized carbons (Fsp3) is 0.778. The molecule has 0 spiro atoms. The first kappa shape index (κ1) is 10.4. The zero-order chi connectivity index (χ0) is 9.90. The summed E-state index contributed by atoms with van der Waals surface area (Å²) in [6.07, 6.45) is -0.0319. The summed E-state index contributed by atoms with van der Waals surface area (Å²) < 4.78 is 35.2. The summed E-state index contributed by atoms with van der Waals surface area (Å²) in [6, 6.07) is 0. The smallest absolute Gasteiger partial charge is 0.246 e. The van der Waals surface area contributed by atoms with Crippen LogP contribution >= 0.6 is 0 Å². The second-order valence-electron chi connectivity index (χ2n) is 3.38. The van der Waals surface area contributed by atoms with Crippen molar-refractivity contribution in [2.75, 3.05) is 13.2 Å². The zero-order valence-electron chi connectivity index (χ0n) is 7.85. The highest BCUT2D eigenvalue weighted by Gasteiger charge is 2.49. The van der Waals surface area contributed by atoms with E-state index in [1.54, 1.807) is 0 Å². The Balaban J connectivity index is 2.16. The number of alkyl halides is 2. The van der Waals surface area contributed by atoms with Crippen LogP contribution in [0.25, 0.3) is 0 Å². The monoisotopic (exact) mass is 192 g/mol. The van der Waals surface area contributed by atoms with Crippen molar-refractivity contribution in [2.24, 2.45) is 0 Å². The Morgan fingerprint density at radius 2 is 2.38 bits per heavy atom. The van der Waals surface area contributed by atoms with E-state index in [1.165, 1.54) is 6.26 Å². The molecule has 0 saturated carbocycles. The van der Waals surface area contributed by atoms with Gasteiger partial charge in [0.2, 0.25) is 5.85 Å². The number of hydrogen-bond donors (Lipinski definition) is 0. The highest BCUT2D eigenvalue weighted by Crippen LogP contribution is 2.34. The van der Waals surface area contributed by atoms with E-state index in [2.05, 4.69) is 4.74 Å². The molecule has 0 radical (unpaired) electrons. The van der Waals surface area contributed by atoms with Crippen molar-refractivity contribution in [3.05, 3.63) is 11.8 Å². The number of halogens is 2. The molecule has 1 aliphatic rings. The van der Waals surface area contributed by atoms with Crippen molar-refractivity contribution in [2.45, 2.75) is 32.3 Å². The van der Waals surface area contributed by atoms with Gasteiger partial charge in [0.15, 0.2) is 6.17 Å². The van der Waals surface area contributed by atoms with Crippen molar-refractivity contribution in [1.29, 1.82) is 0 Å². The number of rotatable bonds is 4. The van der Waals surface area contributed by atoms with Gasteiger partial charge >= 0.3 is 0 Å². The van der Waals surface area contributed by atoms with Gasteiger partial charge in [-0.15, -0.1) is 0 Å². The Bertz CT molecular complexity index is 202. The van der Waals surface area contributed by atoms with Gasteiger partial charge < -0.3 is 9.47 Å². The lowest BCUT2D eigenvalue weighted by molar-refractivity contribution is -0.289. The Morgan fingerprint density at radius 1 is 1.69 bits per heavy atom. The molecular weight excluding hydrogens is 178 g/mol. The van der Waals surface area contributed by atoms with E-state index in [-0.39, 0.29) is 19.6 Å². The Labute approximate surface area is 76.5 Å². The van der Waals surface area contributed by atoms with Gasteiger partial charge in [-0.05, 0) is 19.4 Å². The molecule has 1 rings (SSSR count). The second kappa shape index (κ2) is 4.05. The first-order valence-corrected chi connectivity index (χ1v) is 4.26. The van der Waals surface area contributed by atoms with E-state index >= 15 is 0 Å². The van der Waals surface area contributed by atoms with E-state index in [0.717, 1.165) is 5.57 Å². The van der Waals surface area contributed by atoms with E-state index in [4.69, 9.17) is 4.74 Å². The van der Waals surface area contributed by atoms with Crippen LogP contribution in [0.3, 0.4) is 0 Å². The number of ether oxygens (including phenoxy) is 2. The lowest BCUT2D eigenvalue weighted by Crippen LogP contribution is -2.52. The summed E-state index contributed by atoms with van der Waals surface area (Å²) in [4.78, 5) is 0. The maximum atomic E-state index is 13.1. The molecule has 1 fully saturated rings. The van der Waals surface area contributed by atoms with Crippen molar-refractivity contribution in [3.63, 3.8) is 0 Å². The van der Waals surface area contributed by atoms with Crippen molar-refractivity contribution in [1.82, 2.24) is 0 Å². The van der Waals surface area contributed by atoms with Crippen molar-refractivity contribution >= 4 is 0 Å². The lowest BCUT2D eigenvalue weighted by atomic mass is 10.1. The van der Waals surface area contributed by atoms with Gasteiger partial charge in [0.25, 0.3) is 0 Å². The van der Waals surface area contributed by atoms with Crippen molar-refractivity contribution < 1.29 is 18.3 Å². The third-order valence-electron chi connectivity index (χ3n) is 1.82. The Kier molecular flexibility index (Phi) is 3.25. The molecule has 1 aliphatic heterocycles. The minimum absolute atomic E-state index is 0.0576. The van der Waals surface area contributed by atoms with E-state index in [9.17, 15) is 8.78 Å². The van der Waals surface area contributed by atoms with Gasteiger partial charge in [0.05, 0.1) is 19.5 Å². The summed E-state index contributed by atoms with van der Waals surface area (Å²) in [7, 11) is 0. The zero-order valence-corrected chi connectivity index (χ0v) is 7.85. The fourth-order valence-electron chi connectivity index (χ4n) is 0.980. The molecular formula is C9H14F2O2. The molecule has 1 saturated heterocycles. The minimum atomic E-state index is -2.10. The molecule has 0 aromatic carbocycles. The standard InChI is InChI=1S/C9H14F2O2/c1-7(2)5-12-4-3-9(11)8(10)6-13-9/h5,8H,3-4,6H2,1-2H3. The van der Waals surface area contributed by atoms with Gasteiger partial charge in [0, 0.05) is 6.42 Å². The summed E-state index contributed by atoms with van der Waals surface area (Å²) in [5.74, 6) is -2.10. The number of allylic oxidation sites excluding steroid dienone is 1. The van der Waals surface area contributed by atoms with Gasteiger partial charge in [-0.3, -0.25) is 0 Å². The van der Waals surface area contributed by atoms with Gasteiger partial charge in [-0.25, -0.2) is 8.78 Å². The van der Waals surface area contributed by atoms with Crippen LogP contribution in [-0.4, -0.2) is 25.2 Å². The highest BCUT2D eigenvalue weighted by molar-refractivity contribution is 4.88. The quantitative estimate of drug-likeness (QED) is 0.503. The number of hydrogen-bond acceptors (Lipinski definition) is 2. The van der Waals surface area contributed by atoms with Crippen LogP contribution in [0.4, 0.5) is 8.78 Å². The first-order chi connectivity index (χ1) is 6.04. The molecule has 2 unspecified atom stereocenters. The fourth-order valence-corrected chi connectivity index (χ4v) is 0.980. The lowest BCUT2D eigenvalue weighted by Gasteiger charge is -2.37. The molecule has 0 bridgehead atoms. The summed E-state index contributed by atoms with van der Waals surface area (Å²) in [5.41, 5.74) is 0.985. The predicted molar refractivity (Wildman–Crippen MR) is 44.7 cm³/mol. The molecule has 1 heterocycles. The largest absolute Gasteiger partial charge is 0.501 e. The van der Waals surface area contributed by atoms with E-state index in [0.29, 0.717) is 0 Å². The molecule has 2 atom stereocenters. The Hall–Kier alpha value is -0.640. The summed E-state index contributed by atoms with van der Waals surface area (Å²) in [5, 5.41) is 0. The van der Waals surface area contributed by atoms with Crippen LogP contribution in [-0.2, 0) is 9.47 Å². The molecule has 0 aliphatic carbocycles. The van der Waals surface area contributed by atoms with E-state index < -0.39 is 12.0 Å². The van der Waals surface area contributed by atoms with Gasteiger partial charge in [-0.1, -0.05) is 0 Å². The minimum Gasteiger partial charge on any atom is -0.501 e. The molecule has 2 nitrogen and oxygen atoms in total. The molecule has 0 N–H and O–H groups in total. The van der Waals surface area contributed by atoms with Crippen LogP contribution in [0.15, 0.2) is 11.8 Å². The second-order valence-corrected chi connectivity index (χ2v) is 3.38. The average Bonchev–Trinajstić information content (AvgIpc) is 2.09.